The van der Waals surface area contributed by atoms with Crippen LogP contribution >= 0.6 is 0 Å². The quantitative estimate of drug-likeness (QED) is 0.894. The SMILES string of the molecule is CN(Cc1ccc(C(C)(C)C)cc1)CC1CCCN1. The summed E-state index contributed by atoms with van der Waals surface area (Å²) >= 11 is 0. The van der Waals surface area contributed by atoms with E-state index in [-0.39, 0.29) is 5.41 Å². The van der Waals surface area contributed by atoms with Crippen LogP contribution in [0.5, 0.6) is 0 Å². The van der Waals surface area contributed by atoms with Crippen molar-refractivity contribution in [3.05, 3.63) is 35.4 Å². The molecule has 1 atom stereocenters. The van der Waals surface area contributed by atoms with Gasteiger partial charge in [0.15, 0.2) is 0 Å². The predicted octanol–water partition coefficient (Wildman–Crippen LogP) is 3.17. The molecule has 1 aliphatic rings. The van der Waals surface area contributed by atoms with E-state index in [1.807, 2.05) is 0 Å². The molecule has 0 aromatic heterocycles. The second-order valence-electron chi connectivity index (χ2n) is 6.94. The second kappa shape index (κ2) is 6.06. The Morgan fingerprint density at radius 2 is 1.89 bits per heavy atom. The van der Waals surface area contributed by atoms with Gasteiger partial charge in [-0.15, -0.1) is 0 Å². The Balaban J connectivity index is 1.88. The van der Waals surface area contributed by atoms with E-state index in [1.165, 1.54) is 30.5 Å². The minimum Gasteiger partial charge on any atom is -0.313 e. The molecule has 1 heterocycles. The lowest BCUT2D eigenvalue weighted by Crippen LogP contribution is -2.34. The van der Waals surface area contributed by atoms with Crippen molar-refractivity contribution < 1.29 is 0 Å². The summed E-state index contributed by atoms with van der Waals surface area (Å²) in [6.45, 7) is 10.2. The Hall–Kier alpha value is -0.860. The second-order valence-corrected chi connectivity index (χ2v) is 6.94. The van der Waals surface area contributed by atoms with Gasteiger partial charge in [-0.05, 0) is 43.0 Å². The van der Waals surface area contributed by atoms with Crippen LogP contribution < -0.4 is 5.32 Å². The fourth-order valence-corrected chi connectivity index (χ4v) is 2.78. The molecule has 1 fully saturated rings. The van der Waals surface area contributed by atoms with Gasteiger partial charge in [-0.25, -0.2) is 0 Å². The summed E-state index contributed by atoms with van der Waals surface area (Å²) in [4.78, 5) is 2.43. The minimum absolute atomic E-state index is 0.248. The van der Waals surface area contributed by atoms with Crippen molar-refractivity contribution >= 4 is 0 Å². The highest BCUT2D eigenvalue weighted by Gasteiger charge is 2.16. The maximum Gasteiger partial charge on any atom is 0.0231 e. The minimum atomic E-state index is 0.248. The van der Waals surface area contributed by atoms with Crippen LogP contribution in [0.3, 0.4) is 0 Å². The number of benzene rings is 1. The summed E-state index contributed by atoms with van der Waals surface area (Å²) in [5.41, 5.74) is 3.07. The third kappa shape index (κ3) is 4.32. The summed E-state index contributed by atoms with van der Waals surface area (Å²) in [6.07, 6.45) is 2.66. The molecule has 1 aromatic rings. The van der Waals surface area contributed by atoms with E-state index in [1.54, 1.807) is 0 Å². The summed E-state index contributed by atoms with van der Waals surface area (Å²) in [5, 5.41) is 3.56. The highest BCUT2D eigenvalue weighted by Crippen LogP contribution is 2.22. The lowest BCUT2D eigenvalue weighted by molar-refractivity contribution is 0.293. The first kappa shape index (κ1) is 14.5. The lowest BCUT2D eigenvalue weighted by Gasteiger charge is -2.22. The number of hydrogen-bond acceptors (Lipinski definition) is 2. The molecule has 0 amide bonds. The van der Waals surface area contributed by atoms with Crippen LogP contribution in [0.4, 0.5) is 0 Å². The molecule has 0 radical (unpaired) electrons. The van der Waals surface area contributed by atoms with Crippen LogP contribution in [0.2, 0.25) is 0 Å². The van der Waals surface area contributed by atoms with Crippen LogP contribution in [0.1, 0.15) is 44.7 Å². The number of likely N-dealkylation sites (N-methyl/N-ethyl adjacent to an activating group) is 1. The van der Waals surface area contributed by atoms with Crippen molar-refractivity contribution in [2.24, 2.45) is 0 Å². The summed E-state index contributed by atoms with van der Waals surface area (Å²) in [7, 11) is 2.22. The number of nitrogens with zero attached hydrogens (tertiary/aromatic N) is 1. The molecule has 0 aliphatic carbocycles. The van der Waals surface area contributed by atoms with Crippen LogP contribution in [-0.2, 0) is 12.0 Å². The molecule has 0 bridgehead atoms. The van der Waals surface area contributed by atoms with E-state index in [4.69, 9.17) is 0 Å². The van der Waals surface area contributed by atoms with Crippen molar-refractivity contribution in [1.29, 1.82) is 0 Å². The molecule has 2 heteroatoms. The third-order valence-corrected chi connectivity index (χ3v) is 3.97. The molecule has 1 unspecified atom stereocenters. The maximum atomic E-state index is 3.56. The van der Waals surface area contributed by atoms with Gasteiger partial charge in [0.25, 0.3) is 0 Å². The van der Waals surface area contributed by atoms with Gasteiger partial charge in [0, 0.05) is 19.1 Å². The van der Waals surface area contributed by atoms with Gasteiger partial charge in [-0.3, -0.25) is 0 Å². The average molecular weight is 260 g/mol. The summed E-state index contributed by atoms with van der Waals surface area (Å²) < 4.78 is 0. The van der Waals surface area contributed by atoms with Gasteiger partial charge in [0.1, 0.15) is 0 Å². The number of hydrogen-bond donors (Lipinski definition) is 1. The van der Waals surface area contributed by atoms with Crippen LogP contribution in [0, 0.1) is 0 Å². The van der Waals surface area contributed by atoms with E-state index >= 15 is 0 Å². The topological polar surface area (TPSA) is 15.3 Å². The zero-order chi connectivity index (χ0) is 13.9. The standard InChI is InChI=1S/C17H28N2/c1-17(2,3)15-9-7-14(8-10-15)12-19(4)13-16-6-5-11-18-16/h7-10,16,18H,5-6,11-13H2,1-4H3. The summed E-state index contributed by atoms with van der Waals surface area (Å²) in [6, 6.07) is 9.80. The van der Waals surface area contributed by atoms with Crippen LogP contribution in [0.15, 0.2) is 24.3 Å². The molecule has 2 rings (SSSR count). The first-order valence-electron chi connectivity index (χ1n) is 7.46. The number of rotatable bonds is 4. The molecule has 2 nitrogen and oxygen atoms in total. The van der Waals surface area contributed by atoms with Gasteiger partial charge in [-0.1, -0.05) is 45.0 Å². The molecule has 1 N–H and O–H groups in total. The van der Waals surface area contributed by atoms with Gasteiger partial charge in [-0.2, -0.15) is 0 Å². The van der Waals surface area contributed by atoms with E-state index in [0.29, 0.717) is 6.04 Å². The fourth-order valence-electron chi connectivity index (χ4n) is 2.78. The lowest BCUT2D eigenvalue weighted by atomic mass is 9.87. The monoisotopic (exact) mass is 260 g/mol. The van der Waals surface area contributed by atoms with Crippen LogP contribution in [0.25, 0.3) is 0 Å². The molecule has 19 heavy (non-hydrogen) atoms. The molecule has 1 aliphatic heterocycles. The van der Waals surface area contributed by atoms with Gasteiger partial charge >= 0.3 is 0 Å². The number of nitrogens with one attached hydrogen (secondary N) is 1. The first-order chi connectivity index (χ1) is 8.95. The van der Waals surface area contributed by atoms with Gasteiger partial charge in [0.2, 0.25) is 0 Å². The van der Waals surface area contributed by atoms with E-state index < -0.39 is 0 Å². The van der Waals surface area contributed by atoms with Crippen LogP contribution in [-0.4, -0.2) is 31.1 Å². The largest absolute Gasteiger partial charge is 0.313 e. The van der Waals surface area contributed by atoms with Gasteiger partial charge < -0.3 is 10.2 Å². The van der Waals surface area contributed by atoms with Crippen molar-refractivity contribution in [3.63, 3.8) is 0 Å². The predicted molar refractivity (Wildman–Crippen MR) is 82.5 cm³/mol. The summed E-state index contributed by atoms with van der Waals surface area (Å²) in [5.74, 6) is 0. The fraction of sp³-hybridized carbons (Fsp3) is 0.647. The Morgan fingerprint density at radius 1 is 1.21 bits per heavy atom. The maximum absolute atomic E-state index is 3.56. The molecule has 1 saturated heterocycles. The molecule has 1 aromatic carbocycles. The third-order valence-electron chi connectivity index (χ3n) is 3.97. The van der Waals surface area contributed by atoms with Crippen molar-refractivity contribution in [2.45, 2.75) is 51.6 Å². The van der Waals surface area contributed by atoms with E-state index in [0.717, 1.165) is 13.1 Å². The normalized spacial score (nSPS) is 20.2. The van der Waals surface area contributed by atoms with Gasteiger partial charge in [0.05, 0.1) is 0 Å². The van der Waals surface area contributed by atoms with E-state index in [2.05, 4.69) is 62.3 Å². The molecule has 106 valence electrons. The first-order valence-corrected chi connectivity index (χ1v) is 7.46. The van der Waals surface area contributed by atoms with E-state index in [9.17, 15) is 0 Å². The zero-order valence-corrected chi connectivity index (χ0v) is 12.9. The Bertz CT molecular complexity index is 383. The van der Waals surface area contributed by atoms with Crippen molar-refractivity contribution in [1.82, 2.24) is 10.2 Å². The highest BCUT2D eigenvalue weighted by molar-refractivity contribution is 5.27. The molecule has 0 spiro atoms. The Morgan fingerprint density at radius 3 is 2.42 bits per heavy atom. The zero-order valence-electron chi connectivity index (χ0n) is 12.9. The molecular weight excluding hydrogens is 232 g/mol. The highest BCUT2D eigenvalue weighted by atomic mass is 15.1. The molecular formula is C17H28N2. The smallest absolute Gasteiger partial charge is 0.0231 e. The molecule has 0 saturated carbocycles. The Labute approximate surface area is 118 Å². The average Bonchev–Trinajstić information content (AvgIpc) is 2.81. The Kier molecular flexibility index (Phi) is 4.64. The van der Waals surface area contributed by atoms with Crippen molar-refractivity contribution in [3.8, 4) is 0 Å². The van der Waals surface area contributed by atoms with Crippen molar-refractivity contribution in [2.75, 3.05) is 20.1 Å².